The van der Waals surface area contributed by atoms with Crippen molar-refractivity contribution in [3.63, 3.8) is 0 Å². The Morgan fingerprint density at radius 3 is 2.56 bits per heavy atom. The van der Waals surface area contributed by atoms with Crippen molar-refractivity contribution in [1.82, 2.24) is 24.6 Å². The van der Waals surface area contributed by atoms with Gasteiger partial charge < -0.3 is 10.1 Å². The van der Waals surface area contributed by atoms with E-state index in [1.54, 1.807) is 11.7 Å². The molecule has 2 aromatic heterocycles. The number of hydrogen-bond acceptors (Lipinski definition) is 5. The second-order valence-electron chi connectivity index (χ2n) is 8.24. The first kappa shape index (κ1) is 23.2. The number of rotatable bonds is 9. The molecule has 0 spiro atoms. The van der Waals surface area contributed by atoms with E-state index in [0.717, 1.165) is 35.6 Å². The van der Waals surface area contributed by atoms with Gasteiger partial charge in [-0.2, -0.15) is 5.10 Å². The van der Waals surface area contributed by atoms with E-state index in [4.69, 9.17) is 4.74 Å². The van der Waals surface area contributed by atoms with Gasteiger partial charge in [-0.05, 0) is 62.7 Å². The lowest BCUT2D eigenvalue weighted by atomic mass is 10.2. The lowest BCUT2D eigenvalue weighted by Gasteiger charge is -2.13. The predicted molar refractivity (Wildman–Crippen MR) is 132 cm³/mol. The minimum atomic E-state index is -0.221. The summed E-state index contributed by atoms with van der Waals surface area (Å²) in [4.78, 5) is 30.3. The molecule has 0 aliphatic heterocycles. The van der Waals surface area contributed by atoms with E-state index in [-0.39, 0.29) is 24.3 Å². The smallest absolute Gasteiger partial charge is 0.277 e. The van der Waals surface area contributed by atoms with E-state index < -0.39 is 0 Å². The van der Waals surface area contributed by atoms with Crippen LogP contribution in [0.25, 0.3) is 16.7 Å². The van der Waals surface area contributed by atoms with Crippen molar-refractivity contribution in [3.05, 3.63) is 82.0 Å². The van der Waals surface area contributed by atoms with Crippen LogP contribution in [-0.2, 0) is 17.8 Å². The van der Waals surface area contributed by atoms with E-state index in [9.17, 15) is 9.59 Å². The third kappa shape index (κ3) is 5.17. The number of benzene rings is 2. The van der Waals surface area contributed by atoms with E-state index in [1.807, 2.05) is 73.1 Å². The quantitative estimate of drug-likeness (QED) is 0.388. The van der Waals surface area contributed by atoms with Crippen LogP contribution < -0.4 is 15.6 Å². The first-order chi connectivity index (χ1) is 16.5. The molecule has 0 fully saturated rings. The van der Waals surface area contributed by atoms with Gasteiger partial charge in [0.05, 0.1) is 23.8 Å². The van der Waals surface area contributed by atoms with Crippen LogP contribution in [0.15, 0.2) is 59.4 Å². The van der Waals surface area contributed by atoms with Crippen LogP contribution in [0, 0.1) is 13.8 Å². The van der Waals surface area contributed by atoms with Gasteiger partial charge in [-0.25, -0.2) is 4.98 Å². The number of nitrogens with zero attached hydrogens (tertiary/aromatic N) is 4. The molecule has 0 radical (unpaired) electrons. The maximum atomic E-state index is 13.3. The maximum Gasteiger partial charge on any atom is 0.277 e. The number of carbonyl (C=O) groups excluding carboxylic acids is 1. The number of nitrogens with one attached hydrogen (secondary N) is 1. The van der Waals surface area contributed by atoms with Gasteiger partial charge in [0.15, 0.2) is 0 Å². The van der Waals surface area contributed by atoms with Gasteiger partial charge in [-0.3, -0.25) is 18.8 Å². The monoisotopic (exact) mass is 459 g/mol. The van der Waals surface area contributed by atoms with Crippen molar-refractivity contribution in [2.45, 2.75) is 39.7 Å². The van der Waals surface area contributed by atoms with Crippen molar-refractivity contribution in [3.8, 4) is 11.4 Å². The number of carbonyl (C=O) groups is 1. The molecule has 0 saturated heterocycles. The Hall–Kier alpha value is -3.94. The Labute approximate surface area is 198 Å². The summed E-state index contributed by atoms with van der Waals surface area (Å²) >= 11 is 0. The minimum absolute atomic E-state index is 0.0984. The third-order valence-electron chi connectivity index (χ3n) is 5.72. The van der Waals surface area contributed by atoms with Gasteiger partial charge in [0.2, 0.25) is 5.91 Å². The zero-order valence-corrected chi connectivity index (χ0v) is 19.7. The SMILES string of the molecule is COc1ccc(-n2c(=O)c(CCC(=O)NCCCn3nc(C)cc3C)nc3ccccc32)cc1. The van der Waals surface area contributed by atoms with E-state index in [2.05, 4.69) is 15.4 Å². The molecule has 8 nitrogen and oxygen atoms in total. The summed E-state index contributed by atoms with van der Waals surface area (Å²) in [5.41, 5.74) is 4.39. The Bertz CT molecular complexity index is 1360. The highest BCUT2D eigenvalue weighted by atomic mass is 16.5. The van der Waals surface area contributed by atoms with E-state index in [0.29, 0.717) is 23.5 Å². The fourth-order valence-electron chi connectivity index (χ4n) is 4.01. The van der Waals surface area contributed by atoms with Crippen molar-refractivity contribution in [1.29, 1.82) is 0 Å². The van der Waals surface area contributed by atoms with Gasteiger partial charge >= 0.3 is 0 Å². The molecule has 0 unspecified atom stereocenters. The summed E-state index contributed by atoms with van der Waals surface area (Å²) in [5.74, 6) is 0.614. The van der Waals surface area contributed by atoms with Gasteiger partial charge in [0.1, 0.15) is 11.4 Å². The first-order valence-corrected chi connectivity index (χ1v) is 11.4. The van der Waals surface area contributed by atoms with E-state index >= 15 is 0 Å². The van der Waals surface area contributed by atoms with Gasteiger partial charge in [-0.1, -0.05) is 12.1 Å². The Morgan fingerprint density at radius 2 is 1.85 bits per heavy atom. The molecule has 2 heterocycles. The highest BCUT2D eigenvalue weighted by Gasteiger charge is 2.14. The maximum absolute atomic E-state index is 13.3. The summed E-state index contributed by atoms with van der Waals surface area (Å²) in [6, 6.07) is 16.9. The zero-order valence-electron chi connectivity index (χ0n) is 19.7. The predicted octanol–water partition coefficient (Wildman–Crippen LogP) is 3.35. The van der Waals surface area contributed by atoms with Gasteiger partial charge in [0, 0.05) is 37.3 Å². The van der Waals surface area contributed by atoms with Crippen molar-refractivity contribution < 1.29 is 9.53 Å². The summed E-state index contributed by atoms with van der Waals surface area (Å²) in [5, 5.41) is 7.37. The normalized spacial score (nSPS) is 11.0. The molecule has 1 N–H and O–H groups in total. The topological polar surface area (TPSA) is 91.0 Å². The first-order valence-electron chi connectivity index (χ1n) is 11.4. The van der Waals surface area contributed by atoms with Crippen molar-refractivity contribution in [2.24, 2.45) is 0 Å². The number of methoxy groups -OCH3 is 1. The Balaban J connectivity index is 1.44. The number of para-hydroxylation sites is 2. The molecule has 1 amide bonds. The molecule has 34 heavy (non-hydrogen) atoms. The number of aryl methyl sites for hydroxylation is 4. The lowest BCUT2D eigenvalue weighted by Crippen LogP contribution is -2.28. The van der Waals surface area contributed by atoms with Crippen LogP contribution in [0.5, 0.6) is 5.75 Å². The molecule has 4 rings (SSSR count). The van der Waals surface area contributed by atoms with Crippen LogP contribution >= 0.6 is 0 Å². The summed E-state index contributed by atoms with van der Waals surface area (Å²) in [6.07, 6.45) is 1.25. The summed E-state index contributed by atoms with van der Waals surface area (Å²) < 4.78 is 8.82. The van der Waals surface area contributed by atoms with Crippen LogP contribution in [0.2, 0.25) is 0 Å². The summed E-state index contributed by atoms with van der Waals surface area (Å²) in [7, 11) is 1.60. The standard InChI is InChI=1S/C26H29N5O3/c1-18-17-19(2)30(29-18)16-6-15-27-25(32)14-13-23-26(33)31(20-9-11-21(34-3)12-10-20)24-8-5-4-7-22(24)28-23/h4-5,7-12,17H,6,13-16H2,1-3H3,(H,27,32). The van der Waals surface area contributed by atoms with Crippen LogP contribution in [-0.4, -0.2) is 38.9 Å². The second kappa shape index (κ2) is 10.3. The fourth-order valence-corrected chi connectivity index (χ4v) is 4.01. The average Bonchev–Trinajstić information content (AvgIpc) is 3.17. The van der Waals surface area contributed by atoms with Crippen LogP contribution in [0.3, 0.4) is 0 Å². The molecule has 2 aromatic carbocycles. The largest absolute Gasteiger partial charge is 0.497 e. The third-order valence-corrected chi connectivity index (χ3v) is 5.72. The van der Waals surface area contributed by atoms with Crippen molar-refractivity contribution in [2.75, 3.05) is 13.7 Å². The molecule has 0 bridgehead atoms. The summed E-state index contributed by atoms with van der Waals surface area (Å²) in [6.45, 7) is 5.29. The van der Waals surface area contributed by atoms with Crippen LogP contribution in [0.4, 0.5) is 0 Å². The van der Waals surface area contributed by atoms with Gasteiger partial charge in [-0.15, -0.1) is 0 Å². The highest BCUT2D eigenvalue weighted by Crippen LogP contribution is 2.19. The highest BCUT2D eigenvalue weighted by molar-refractivity contribution is 5.78. The molecule has 0 aliphatic rings. The van der Waals surface area contributed by atoms with E-state index in [1.165, 1.54) is 0 Å². The second-order valence-corrected chi connectivity index (χ2v) is 8.24. The van der Waals surface area contributed by atoms with Crippen LogP contribution in [0.1, 0.15) is 29.9 Å². The number of aromatic nitrogens is 4. The molecule has 0 aliphatic carbocycles. The number of amides is 1. The number of hydrogen-bond donors (Lipinski definition) is 1. The molecule has 4 aromatic rings. The fraction of sp³-hybridized carbons (Fsp3) is 0.308. The Kier molecular flexibility index (Phi) is 7.06. The zero-order chi connectivity index (χ0) is 24.1. The lowest BCUT2D eigenvalue weighted by molar-refractivity contribution is -0.121. The minimum Gasteiger partial charge on any atom is -0.497 e. The average molecular weight is 460 g/mol. The number of ether oxygens (including phenoxy) is 1. The molecular weight excluding hydrogens is 430 g/mol. The molecule has 176 valence electrons. The van der Waals surface area contributed by atoms with Gasteiger partial charge in [0.25, 0.3) is 5.56 Å². The molecule has 0 atom stereocenters. The van der Waals surface area contributed by atoms with Crippen molar-refractivity contribution >= 4 is 16.9 Å². The molecular formula is C26H29N5O3. The Morgan fingerprint density at radius 1 is 1.09 bits per heavy atom. The molecule has 8 heteroatoms. The number of fused-ring (bicyclic) bond motifs is 1. The molecule has 0 saturated carbocycles.